The standard InChI is InChI=1S/C13H10Cl2N2O2/c14-10-3-1-2-9(6-10)8-16-13-5-4-11(17(18)19)7-12(13)15/h1-7,16H,8H2. The third kappa shape index (κ3) is 3.59. The van der Waals surface area contributed by atoms with Gasteiger partial charge < -0.3 is 5.32 Å². The van der Waals surface area contributed by atoms with Crippen LogP contribution < -0.4 is 5.32 Å². The van der Waals surface area contributed by atoms with Crippen molar-refractivity contribution in [2.45, 2.75) is 6.54 Å². The van der Waals surface area contributed by atoms with Crippen LogP contribution in [0, 0.1) is 10.1 Å². The van der Waals surface area contributed by atoms with E-state index in [1.165, 1.54) is 12.1 Å². The van der Waals surface area contributed by atoms with Crippen LogP contribution in [0.15, 0.2) is 42.5 Å². The number of hydrogen-bond acceptors (Lipinski definition) is 3. The number of nitrogens with one attached hydrogen (secondary N) is 1. The molecule has 1 N–H and O–H groups in total. The first kappa shape index (κ1) is 13.6. The molecule has 0 aliphatic rings. The van der Waals surface area contributed by atoms with Gasteiger partial charge in [0, 0.05) is 23.7 Å². The fraction of sp³-hybridized carbons (Fsp3) is 0.0769. The predicted octanol–water partition coefficient (Wildman–Crippen LogP) is 4.51. The Morgan fingerprint density at radius 1 is 1.16 bits per heavy atom. The van der Waals surface area contributed by atoms with Gasteiger partial charge in [0.05, 0.1) is 15.6 Å². The monoisotopic (exact) mass is 296 g/mol. The lowest BCUT2D eigenvalue weighted by Crippen LogP contribution is -2.00. The van der Waals surface area contributed by atoms with Crippen LogP contribution in [0.3, 0.4) is 0 Å². The highest BCUT2D eigenvalue weighted by atomic mass is 35.5. The van der Waals surface area contributed by atoms with Crippen molar-refractivity contribution in [1.29, 1.82) is 0 Å². The lowest BCUT2D eigenvalue weighted by Gasteiger charge is -2.08. The van der Waals surface area contributed by atoms with Crippen molar-refractivity contribution in [1.82, 2.24) is 0 Å². The summed E-state index contributed by atoms with van der Waals surface area (Å²) in [6, 6.07) is 11.7. The summed E-state index contributed by atoms with van der Waals surface area (Å²) in [5, 5.41) is 14.7. The first-order valence-corrected chi connectivity index (χ1v) is 6.24. The molecular weight excluding hydrogens is 287 g/mol. The number of anilines is 1. The smallest absolute Gasteiger partial charge is 0.271 e. The Morgan fingerprint density at radius 2 is 1.95 bits per heavy atom. The second kappa shape index (κ2) is 5.91. The van der Waals surface area contributed by atoms with E-state index < -0.39 is 4.92 Å². The molecule has 2 aromatic rings. The minimum Gasteiger partial charge on any atom is -0.380 e. The Hall–Kier alpha value is -1.78. The zero-order chi connectivity index (χ0) is 13.8. The Morgan fingerprint density at radius 3 is 2.58 bits per heavy atom. The molecule has 0 aromatic heterocycles. The average molecular weight is 297 g/mol. The van der Waals surface area contributed by atoms with Gasteiger partial charge in [-0.1, -0.05) is 35.3 Å². The van der Waals surface area contributed by atoms with Crippen LogP contribution in [0.5, 0.6) is 0 Å². The quantitative estimate of drug-likeness (QED) is 0.667. The summed E-state index contributed by atoms with van der Waals surface area (Å²) in [7, 11) is 0. The van der Waals surface area contributed by atoms with Crippen molar-refractivity contribution >= 4 is 34.6 Å². The largest absolute Gasteiger partial charge is 0.380 e. The van der Waals surface area contributed by atoms with Crippen molar-refractivity contribution in [2.75, 3.05) is 5.32 Å². The van der Waals surface area contributed by atoms with Crippen molar-refractivity contribution in [3.05, 3.63) is 68.2 Å². The van der Waals surface area contributed by atoms with E-state index in [-0.39, 0.29) is 5.69 Å². The van der Waals surface area contributed by atoms with Crippen molar-refractivity contribution in [3.63, 3.8) is 0 Å². The molecule has 2 rings (SSSR count). The summed E-state index contributed by atoms with van der Waals surface area (Å²) in [5.41, 5.74) is 1.62. The summed E-state index contributed by atoms with van der Waals surface area (Å²) in [6.07, 6.45) is 0. The maximum absolute atomic E-state index is 10.6. The summed E-state index contributed by atoms with van der Waals surface area (Å²) < 4.78 is 0. The second-order valence-corrected chi connectivity index (χ2v) is 4.75. The van der Waals surface area contributed by atoms with Gasteiger partial charge in [-0.15, -0.1) is 0 Å². The van der Waals surface area contributed by atoms with E-state index >= 15 is 0 Å². The Kier molecular flexibility index (Phi) is 4.24. The van der Waals surface area contributed by atoms with Crippen LogP contribution in [0.1, 0.15) is 5.56 Å². The van der Waals surface area contributed by atoms with Crippen molar-refractivity contribution < 1.29 is 4.92 Å². The molecule has 0 aliphatic carbocycles. The second-order valence-electron chi connectivity index (χ2n) is 3.90. The van der Waals surface area contributed by atoms with E-state index in [9.17, 15) is 10.1 Å². The first-order chi connectivity index (χ1) is 9.06. The van der Waals surface area contributed by atoms with Gasteiger partial charge in [-0.05, 0) is 23.8 Å². The van der Waals surface area contributed by atoms with Crippen LogP contribution in [0.4, 0.5) is 11.4 Å². The summed E-state index contributed by atoms with van der Waals surface area (Å²) in [6.45, 7) is 0.540. The third-order valence-electron chi connectivity index (χ3n) is 2.54. The van der Waals surface area contributed by atoms with Gasteiger partial charge >= 0.3 is 0 Å². The minimum atomic E-state index is -0.480. The number of hydrogen-bond donors (Lipinski definition) is 1. The first-order valence-electron chi connectivity index (χ1n) is 5.48. The predicted molar refractivity (Wildman–Crippen MR) is 76.9 cm³/mol. The van der Waals surface area contributed by atoms with E-state index in [4.69, 9.17) is 23.2 Å². The van der Waals surface area contributed by atoms with Gasteiger partial charge in [-0.25, -0.2) is 0 Å². The van der Waals surface area contributed by atoms with Gasteiger partial charge in [-0.3, -0.25) is 10.1 Å². The average Bonchev–Trinajstić information content (AvgIpc) is 2.37. The Bertz CT molecular complexity index is 617. The van der Waals surface area contributed by atoms with E-state index in [0.29, 0.717) is 22.3 Å². The molecule has 0 bridgehead atoms. The molecule has 0 atom stereocenters. The van der Waals surface area contributed by atoms with Gasteiger partial charge in [0.15, 0.2) is 0 Å². The highest BCUT2D eigenvalue weighted by molar-refractivity contribution is 6.33. The number of nitrogens with zero attached hydrogens (tertiary/aromatic N) is 1. The van der Waals surface area contributed by atoms with Gasteiger partial charge in [0.1, 0.15) is 0 Å². The summed E-state index contributed by atoms with van der Waals surface area (Å²) in [5.74, 6) is 0. The number of halogens is 2. The third-order valence-corrected chi connectivity index (χ3v) is 3.08. The maximum Gasteiger partial charge on any atom is 0.271 e. The molecule has 0 fully saturated rings. The molecule has 6 heteroatoms. The number of benzene rings is 2. The van der Waals surface area contributed by atoms with E-state index in [1.54, 1.807) is 12.1 Å². The molecule has 0 saturated carbocycles. The molecule has 0 unspecified atom stereocenters. The van der Waals surface area contributed by atoms with Crippen LogP contribution in [-0.4, -0.2) is 4.92 Å². The summed E-state index contributed by atoms with van der Waals surface area (Å²) >= 11 is 11.9. The lowest BCUT2D eigenvalue weighted by atomic mass is 10.2. The van der Waals surface area contributed by atoms with Gasteiger partial charge in [0.2, 0.25) is 0 Å². The normalized spacial score (nSPS) is 10.2. The van der Waals surface area contributed by atoms with Crippen LogP contribution in [0.2, 0.25) is 10.0 Å². The number of nitro benzene ring substituents is 1. The van der Waals surface area contributed by atoms with Crippen LogP contribution >= 0.6 is 23.2 Å². The molecule has 0 aliphatic heterocycles. The fourth-order valence-corrected chi connectivity index (χ4v) is 2.06. The molecule has 0 radical (unpaired) electrons. The molecule has 0 spiro atoms. The van der Waals surface area contributed by atoms with Crippen molar-refractivity contribution in [2.24, 2.45) is 0 Å². The highest BCUT2D eigenvalue weighted by Gasteiger charge is 2.09. The molecule has 98 valence electrons. The topological polar surface area (TPSA) is 55.2 Å². The summed E-state index contributed by atoms with van der Waals surface area (Å²) in [4.78, 5) is 10.1. The van der Waals surface area contributed by atoms with E-state index in [1.807, 2.05) is 18.2 Å². The van der Waals surface area contributed by atoms with E-state index in [0.717, 1.165) is 5.56 Å². The van der Waals surface area contributed by atoms with E-state index in [2.05, 4.69) is 5.32 Å². The molecule has 19 heavy (non-hydrogen) atoms. The van der Waals surface area contributed by atoms with Crippen molar-refractivity contribution in [3.8, 4) is 0 Å². The molecule has 0 amide bonds. The molecule has 2 aromatic carbocycles. The molecule has 4 nitrogen and oxygen atoms in total. The maximum atomic E-state index is 10.6. The van der Waals surface area contributed by atoms with Gasteiger partial charge in [-0.2, -0.15) is 0 Å². The number of non-ortho nitro benzene ring substituents is 1. The zero-order valence-corrected chi connectivity index (χ0v) is 11.3. The Balaban J connectivity index is 2.10. The minimum absolute atomic E-state index is 0.0293. The zero-order valence-electron chi connectivity index (χ0n) is 9.77. The molecular formula is C13H10Cl2N2O2. The van der Waals surface area contributed by atoms with Gasteiger partial charge in [0.25, 0.3) is 5.69 Å². The number of rotatable bonds is 4. The molecule has 0 saturated heterocycles. The highest BCUT2D eigenvalue weighted by Crippen LogP contribution is 2.27. The number of nitro groups is 1. The SMILES string of the molecule is O=[N+]([O-])c1ccc(NCc2cccc(Cl)c2)c(Cl)c1. The van der Waals surface area contributed by atoms with Crippen LogP contribution in [-0.2, 0) is 6.54 Å². The molecule has 0 heterocycles. The fourth-order valence-electron chi connectivity index (χ4n) is 1.61. The van der Waals surface area contributed by atoms with Crippen LogP contribution in [0.25, 0.3) is 0 Å². The lowest BCUT2D eigenvalue weighted by molar-refractivity contribution is -0.384. The Labute approximate surface area is 120 Å².